The molecule has 2 aliphatic rings. The molecule has 2 saturated heterocycles. The van der Waals surface area contributed by atoms with Crippen molar-refractivity contribution >= 4 is 39.0 Å². The van der Waals surface area contributed by atoms with Crippen LogP contribution in [0.2, 0.25) is 0 Å². The van der Waals surface area contributed by atoms with E-state index in [4.69, 9.17) is 9.72 Å². The molecule has 2 aromatic heterocycles. The van der Waals surface area contributed by atoms with Gasteiger partial charge in [-0.05, 0) is 19.1 Å². The zero-order valence-corrected chi connectivity index (χ0v) is 19.9. The van der Waals surface area contributed by atoms with Gasteiger partial charge in [0.25, 0.3) is 10.0 Å². The molecular weight excluding hydrogens is 452 g/mol. The Balaban J connectivity index is 1.41. The number of aromatic nitrogens is 2. The fourth-order valence-electron chi connectivity index (χ4n) is 3.69. The van der Waals surface area contributed by atoms with Crippen LogP contribution in [0.15, 0.2) is 22.4 Å². The molecule has 1 N–H and O–H groups in total. The van der Waals surface area contributed by atoms with Crippen LogP contribution in [-0.4, -0.2) is 81.1 Å². The molecule has 10 nitrogen and oxygen atoms in total. The number of carbonyl (C=O) groups is 1. The number of thiophene rings is 1. The van der Waals surface area contributed by atoms with Gasteiger partial charge in [-0.1, -0.05) is 0 Å². The number of nitrogens with one attached hydrogen (secondary N) is 1. The van der Waals surface area contributed by atoms with Crippen LogP contribution in [0.25, 0.3) is 0 Å². The van der Waals surface area contributed by atoms with Gasteiger partial charge in [-0.3, -0.25) is 4.79 Å². The Hall–Kier alpha value is -2.28. The Labute approximate surface area is 192 Å². The number of morpholine rings is 1. The summed E-state index contributed by atoms with van der Waals surface area (Å²) < 4.78 is 33.4. The fraction of sp³-hybridized carbons (Fsp3) is 0.550. The van der Waals surface area contributed by atoms with Crippen LogP contribution in [0.4, 0.5) is 11.8 Å². The SMILES string of the molecule is CC(=O)NCc1ccc(S(=O)(=O)N2CCN(c3nc(C)cc(N4CCOCC4)n3)CC2)s1. The van der Waals surface area contributed by atoms with E-state index < -0.39 is 10.0 Å². The lowest BCUT2D eigenvalue weighted by Gasteiger charge is -2.34. The highest BCUT2D eigenvalue weighted by atomic mass is 32.2. The second-order valence-corrected chi connectivity index (χ2v) is 11.1. The highest BCUT2D eigenvalue weighted by Gasteiger charge is 2.31. The van der Waals surface area contributed by atoms with E-state index in [2.05, 4.69) is 15.2 Å². The number of nitrogens with zero attached hydrogens (tertiary/aromatic N) is 5. The van der Waals surface area contributed by atoms with Gasteiger partial charge in [0.2, 0.25) is 11.9 Å². The summed E-state index contributed by atoms with van der Waals surface area (Å²) in [5.74, 6) is 1.38. The molecule has 0 radical (unpaired) electrons. The number of aryl methyl sites for hydroxylation is 1. The number of hydrogen-bond acceptors (Lipinski definition) is 9. The lowest BCUT2D eigenvalue weighted by Crippen LogP contribution is -2.49. The molecule has 2 fully saturated rings. The maximum atomic E-state index is 13.1. The van der Waals surface area contributed by atoms with E-state index in [1.807, 2.05) is 17.9 Å². The summed E-state index contributed by atoms with van der Waals surface area (Å²) in [6.07, 6.45) is 0. The average Bonchev–Trinajstić information content (AvgIpc) is 3.28. The molecule has 12 heteroatoms. The van der Waals surface area contributed by atoms with Gasteiger partial charge in [-0.25, -0.2) is 13.4 Å². The number of hydrogen-bond donors (Lipinski definition) is 1. The van der Waals surface area contributed by atoms with Crippen LogP contribution in [0.3, 0.4) is 0 Å². The van der Waals surface area contributed by atoms with Crippen LogP contribution < -0.4 is 15.1 Å². The molecule has 4 heterocycles. The predicted molar refractivity (Wildman–Crippen MR) is 123 cm³/mol. The maximum Gasteiger partial charge on any atom is 0.252 e. The average molecular weight is 481 g/mol. The summed E-state index contributed by atoms with van der Waals surface area (Å²) in [5, 5.41) is 2.69. The molecule has 0 aliphatic carbocycles. The van der Waals surface area contributed by atoms with Crippen LogP contribution >= 0.6 is 11.3 Å². The maximum absolute atomic E-state index is 13.1. The normalized spacial score (nSPS) is 18.1. The zero-order chi connectivity index (χ0) is 22.7. The first-order chi connectivity index (χ1) is 15.3. The molecule has 32 heavy (non-hydrogen) atoms. The first-order valence-electron chi connectivity index (χ1n) is 10.6. The minimum absolute atomic E-state index is 0.144. The van der Waals surface area contributed by atoms with E-state index in [1.165, 1.54) is 22.6 Å². The van der Waals surface area contributed by atoms with E-state index in [1.54, 1.807) is 12.1 Å². The van der Waals surface area contributed by atoms with Gasteiger partial charge in [-0.15, -0.1) is 11.3 Å². The summed E-state index contributed by atoms with van der Waals surface area (Å²) in [5.41, 5.74) is 0.886. The third-order valence-corrected chi connectivity index (χ3v) is 8.88. The summed E-state index contributed by atoms with van der Waals surface area (Å²) >= 11 is 1.19. The molecule has 0 aromatic carbocycles. The molecular formula is C20H28N6O4S2. The van der Waals surface area contributed by atoms with Crippen molar-refractivity contribution in [3.05, 3.63) is 28.8 Å². The number of ether oxygens (including phenoxy) is 1. The minimum Gasteiger partial charge on any atom is -0.378 e. The molecule has 1 amide bonds. The van der Waals surface area contributed by atoms with E-state index in [0.29, 0.717) is 56.1 Å². The van der Waals surface area contributed by atoms with Crippen molar-refractivity contribution in [1.29, 1.82) is 0 Å². The third-order valence-electron chi connectivity index (χ3n) is 5.43. The summed E-state index contributed by atoms with van der Waals surface area (Å²) in [6.45, 7) is 8.46. The van der Waals surface area contributed by atoms with Crippen molar-refractivity contribution in [3.63, 3.8) is 0 Å². The van der Waals surface area contributed by atoms with Crippen molar-refractivity contribution in [3.8, 4) is 0 Å². The van der Waals surface area contributed by atoms with Crippen molar-refractivity contribution < 1.29 is 17.9 Å². The summed E-state index contributed by atoms with van der Waals surface area (Å²) in [4.78, 5) is 25.5. The quantitative estimate of drug-likeness (QED) is 0.648. The Morgan fingerprint density at radius 3 is 2.50 bits per heavy atom. The zero-order valence-electron chi connectivity index (χ0n) is 18.3. The Kier molecular flexibility index (Phi) is 6.93. The summed E-state index contributed by atoms with van der Waals surface area (Å²) in [7, 11) is -3.57. The van der Waals surface area contributed by atoms with E-state index in [-0.39, 0.29) is 5.91 Å². The van der Waals surface area contributed by atoms with E-state index in [0.717, 1.165) is 29.5 Å². The summed E-state index contributed by atoms with van der Waals surface area (Å²) in [6, 6.07) is 5.34. The Morgan fingerprint density at radius 1 is 1.09 bits per heavy atom. The van der Waals surface area contributed by atoms with Crippen molar-refractivity contribution in [1.82, 2.24) is 19.6 Å². The van der Waals surface area contributed by atoms with E-state index >= 15 is 0 Å². The number of sulfonamides is 1. The van der Waals surface area contributed by atoms with Crippen molar-refractivity contribution in [2.24, 2.45) is 0 Å². The largest absolute Gasteiger partial charge is 0.378 e. The first kappa shape index (κ1) is 22.9. The number of anilines is 2. The topological polar surface area (TPSA) is 108 Å². The van der Waals surface area contributed by atoms with E-state index in [9.17, 15) is 13.2 Å². The van der Waals surface area contributed by atoms with Gasteiger partial charge in [0, 0.05) is 62.8 Å². The first-order valence-corrected chi connectivity index (χ1v) is 12.9. The van der Waals surface area contributed by atoms with Crippen LogP contribution in [-0.2, 0) is 26.1 Å². The fourth-order valence-corrected chi connectivity index (χ4v) is 6.56. The molecule has 0 bridgehead atoms. The van der Waals surface area contributed by atoms with Crippen LogP contribution in [0.1, 0.15) is 17.5 Å². The molecule has 0 spiro atoms. The van der Waals surface area contributed by atoms with Gasteiger partial charge in [0.15, 0.2) is 0 Å². The number of rotatable bonds is 6. The highest BCUT2D eigenvalue weighted by molar-refractivity contribution is 7.91. The molecule has 174 valence electrons. The Morgan fingerprint density at radius 2 is 1.81 bits per heavy atom. The standard InChI is InChI=1S/C20H28N6O4S2/c1-15-13-18(24-9-11-30-12-10-24)23-20(22-15)25-5-7-26(8-6-25)32(28,29)19-4-3-17(31-19)14-21-16(2)27/h3-4,13H,5-12,14H2,1-2H3,(H,21,27). The Bertz CT molecular complexity index is 1060. The molecule has 4 rings (SSSR count). The van der Waals surface area contributed by atoms with Crippen LogP contribution in [0.5, 0.6) is 0 Å². The van der Waals surface area contributed by atoms with Crippen molar-refractivity contribution in [2.75, 3.05) is 62.3 Å². The molecule has 0 saturated carbocycles. The lowest BCUT2D eigenvalue weighted by atomic mass is 10.3. The number of amides is 1. The van der Waals surface area contributed by atoms with Crippen LogP contribution in [0, 0.1) is 6.92 Å². The smallest absolute Gasteiger partial charge is 0.252 e. The minimum atomic E-state index is -3.57. The molecule has 0 unspecified atom stereocenters. The monoisotopic (exact) mass is 480 g/mol. The number of carbonyl (C=O) groups excluding carboxylic acids is 1. The molecule has 2 aromatic rings. The third kappa shape index (κ3) is 5.20. The van der Waals surface area contributed by atoms with Gasteiger partial charge in [0.05, 0.1) is 19.8 Å². The second kappa shape index (κ2) is 9.69. The molecule has 2 aliphatic heterocycles. The predicted octanol–water partition coefficient (Wildman–Crippen LogP) is 0.830. The highest BCUT2D eigenvalue weighted by Crippen LogP contribution is 2.27. The second-order valence-electron chi connectivity index (χ2n) is 7.79. The molecule has 0 atom stereocenters. The van der Waals surface area contributed by atoms with Gasteiger partial charge in [0.1, 0.15) is 10.0 Å². The lowest BCUT2D eigenvalue weighted by molar-refractivity contribution is -0.119. The van der Waals surface area contributed by atoms with Crippen molar-refractivity contribution in [2.45, 2.75) is 24.6 Å². The van der Waals surface area contributed by atoms with Gasteiger partial charge >= 0.3 is 0 Å². The van der Waals surface area contributed by atoms with Gasteiger partial charge in [-0.2, -0.15) is 9.29 Å². The number of piperazine rings is 1. The van der Waals surface area contributed by atoms with Gasteiger partial charge < -0.3 is 19.9 Å².